The number of aryl methyl sites for hydroxylation is 2. The molecule has 0 N–H and O–H groups in total. The molecular formula is C40H69O4P2S2+. The lowest BCUT2D eigenvalue weighted by Crippen LogP contribution is -2.21. The quantitative estimate of drug-likeness (QED) is 0.203. The molecule has 2 aromatic rings. The fraction of sp³-hybridized carbons (Fsp3) is 0.600. The zero-order valence-electron chi connectivity index (χ0n) is 33.9. The molecule has 2 rings (SSSR count). The normalized spacial score (nSPS) is 15.0. The van der Waals surface area contributed by atoms with Gasteiger partial charge in [0.15, 0.2) is 19.8 Å². The summed E-state index contributed by atoms with van der Waals surface area (Å²) in [6, 6.07) is 9.10. The first-order valence-corrected chi connectivity index (χ1v) is 25.3. The number of hydrogen-bond acceptors (Lipinski definition) is 4. The van der Waals surface area contributed by atoms with Gasteiger partial charge in [0.05, 0.1) is 6.61 Å². The summed E-state index contributed by atoms with van der Waals surface area (Å²) in [7, 11) is -5.80. The maximum absolute atomic E-state index is 7.28. The molecule has 8 heteroatoms. The molecule has 2 aromatic carbocycles. The Kier molecular flexibility index (Phi) is 13.8. The lowest BCUT2D eigenvalue weighted by Gasteiger charge is -2.38. The van der Waals surface area contributed by atoms with Crippen LogP contribution in [0.4, 0.5) is 0 Å². The molecule has 274 valence electrons. The van der Waals surface area contributed by atoms with Crippen molar-refractivity contribution >= 4 is 36.5 Å². The van der Waals surface area contributed by atoms with Gasteiger partial charge in [0.25, 0.3) is 0 Å². The van der Waals surface area contributed by atoms with Gasteiger partial charge in [-0.25, -0.2) is 0 Å². The number of rotatable bonds is 12. The summed E-state index contributed by atoms with van der Waals surface area (Å²) >= 11 is 0. The summed E-state index contributed by atoms with van der Waals surface area (Å²) in [5, 5.41) is 4.15. The monoisotopic (exact) mass is 739 g/mol. The van der Waals surface area contributed by atoms with Gasteiger partial charge in [0, 0.05) is 11.1 Å². The van der Waals surface area contributed by atoms with Crippen molar-refractivity contribution in [1.82, 2.24) is 0 Å². The summed E-state index contributed by atoms with van der Waals surface area (Å²) in [4.78, 5) is 0. The standard InChI is InChI=1S/C40H69O4P2S2/c1-21-41-46(45-23-24-48(19,20)44-47(17,18)22-2,42-35-25-29(3)31(37(5,6)7)27-33(35)39(11,12)13)43-36-26-30(4)32(38(8,9)10)28-34(36)40(14,15)16/h22-28,45H,2,21H2,1,3-20H3/q+1/b24-23+. The molecule has 48 heavy (non-hydrogen) atoms. The Balaban J connectivity index is 2.92. The fourth-order valence-corrected chi connectivity index (χ4v) is 15.5. The SMILES string of the molecule is C=CS(C)(C)OS(C)(C)/C=C/P[P+](OCC)(Oc1cc(C)c(C(C)(C)C)cc1C(C)(C)C)Oc1cc(C)c(C(C)(C)C)cc1C(C)(C)C. The highest BCUT2D eigenvalue weighted by Crippen LogP contribution is 2.77. The second kappa shape index (κ2) is 15.3. The average Bonchev–Trinajstić information content (AvgIpc) is 2.85. The molecule has 0 amide bonds. The molecular weight excluding hydrogens is 671 g/mol. The Morgan fingerprint density at radius 2 is 1.02 bits per heavy atom. The van der Waals surface area contributed by atoms with E-state index in [0.717, 1.165) is 22.6 Å². The third kappa shape index (κ3) is 11.8. The molecule has 0 heterocycles. The average molecular weight is 740 g/mol. The van der Waals surface area contributed by atoms with Crippen molar-refractivity contribution in [2.45, 2.75) is 126 Å². The van der Waals surface area contributed by atoms with E-state index in [2.05, 4.69) is 164 Å². The third-order valence-electron chi connectivity index (χ3n) is 8.00. The topological polar surface area (TPSA) is 36.9 Å². The third-order valence-corrected chi connectivity index (χ3v) is 17.1. The lowest BCUT2D eigenvalue weighted by molar-refractivity contribution is 0.269. The minimum absolute atomic E-state index is 0.000743. The molecule has 0 aliphatic carbocycles. The first-order valence-electron chi connectivity index (χ1n) is 17.0. The van der Waals surface area contributed by atoms with E-state index in [0.29, 0.717) is 6.61 Å². The second-order valence-corrected chi connectivity index (χ2v) is 28.7. The first-order chi connectivity index (χ1) is 21.5. The van der Waals surface area contributed by atoms with Gasteiger partial charge in [0.1, 0.15) is 0 Å². The van der Waals surface area contributed by atoms with Gasteiger partial charge in [-0.05, 0) is 118 Å². The molecule has 0 aliphatic rings. The summed E-state index contributed by atoms with van der Waals surface area (Å²) in [6.45, 7) is 38.0. The van der Waals surface area contributed by atoms with Crippen LogP contribution >= 0.6 is 36.5 Å². The van der Waals surface area contributed by atoms with Crippen LogP contribution in [0.1, 0.15) is 123 Å². The summed E-state index contributed by atoms with van der Waals surface area (Å²) in [5.41, 5.74) is 7.03. The zero-order chi connectivity index (χ0) is 37.3. The van der Waals surface area contributed by atoms with Gasteiger partial charge < -0.3 is 0 Å². The van der Waals surface area contributed by atoms with Crippen LogP contribution in [0, 0.1) is 13.8 Å². The Bertz CT molecular complexity index is 1380. The van der Waals surface area contributed by atoms with Gasteiger partial charge >= 0.3 is 7.63 Å². The van der Waals surface area contributed by atoms with E-state index in [4.69, 9.17) is 17.2 Å². The molecule has 0 saturated heterocycles. The maximum atomic E-state index is 7.28. The summed E-state index contributed by atoms with van der Waals surface area (Å²) in [5.74, 6) is 3.85. The highest BCUT2D eigenvalue weighted by Gasteiger charge is 2.50. The van der Waals surface area contributed by atoms with Crippen molar-refractivity contribution in [3.63, 3.8) is 0 Å². The predicted molar refractivity (Wildman–Crippen MR) is 225 cm³/mol. The Morgan fingerprint density at radius 3 is 1.33 bits per heavy atom. The molecule has 0 radical (unpaired) electrons. The lowest BCUT2D eigenvalue weighted by atomic mass is 9.78. The summed E-state index contributed by atoms with van der Waals surface area (Å²) < 4.78 is 27.9. The Hall–Kier alpha value is -1.00. The van der Waals surface area contributed by atoms with E-state index < -0.39 is 28.2 Å². The fourth-order valence-electron chi connectivity index (χ4n) is 5.68. The molecule has 0 aromatic heterocycles. The zero-order valence-corrected chi connectivity index (χ0v) is 37.4. The van der Waals surface area contributed by atoms with E-state index in [-0.39, 0.29) is 29.9 Å². The van der Waals surface area contributed by atoms with Crippen molar-refractivity contribution in [3.8, 4) is 11.5 Å². The smallest absolute Gasteiger partial charge is 0.284 e. The van der Waals surface area contributed by atoms with Crippen molar-refractivity contribution in [2.75, 3.05) is 31.6 Å². The van der Waals surface area contributed by atoms with Crippen LogP contribution in [0.2, 0.25) is 0 Å². The van der Waals surface area contributed by atoms with Crippen LogP contribution in [0.3, 0.4) is 0 Å². The summed E-state index contributed by atoms with van der Waals surface area (Å²) in [6.07, 6.45) is 8.61. The largest absolute Gasteiger partial charge is 0.514 e. The maximum Gasteiger partial charge on any atom is 0.514 e. The van der Waals surface area contributed by atoms with E-state index in [1.54, 1.807) is 0 Å². The Labute approximate surface area is 301 Å². The van der Waals surface area contributed by atoms with E-state index in [9.17, 15) is 0 Å². The van der Waals surface area contributed by atoms with Gasteiger partial charge in [-0.3, -0.25) is 12.7 Å². The van der Waals surface area contributed by atoms with Gasteiger partial charge in [0.2, 0.25) is 0 Å². The minimum atomic E-state index is -3.04. The second-order valence-electron chi connectivity index (χ2n) is 17.7. The van der Waals surface area contributed by atoms with Crippen LogP contribution in [-0.2, 0) is 29.8 Å². The molecule has 1 unspecified atom stereocenters. The molecule has 0 saturated carbocycles. The Morgan fingerprint density at radius 1 is 0.646 bits per heavy atom. The highest BCUT2D eigenvalue weighted by molar-refractivity contribution is 8.43. The van der Waals surface area contributed by atoms with E-state index in [1.807, 2.05) is 12.3 Å². The predicted octanol–water partition coefficient (Wildman–Crippen LogP) is 13.9. The van der Waals surface area contributed by atoms with Gasteiger partial charge in [-0.2, -0.15) is 4.52 Å². The van der Waals surface area contributed by atoms with Crippen LogP contribution in [0.5, 0.6) is 11.5 Å². The minimum Gasteiger partial charge on any atom is -0.284 e. The van der Waals surface area contributed by atoms with Crippen molar-refractivity contribution in [3.05, 3.63) is 80.9 Å². The number of benzene rings is 2. The molecule has 0 aliphatic heterocycles. The molecule has 4 nitrogen and oxygen atoms in total. The highest BCUT2D eigenvalue weighted by atomic mass is 32.3. The van der Waals surface area contributed by atoms with Crippen molar-refractivity contribution in [2.24, 2.45) is 0 Å². The van der Waals surface area contributed by atoms with Crippen molar-refractivity contribution < 1.29 is 17.2 Å². The van der Waals surface area contributed by atoms with Gasteiger partial charge in [-0.15, -0.1) is 20.6 Å². The molecule has 1 atom stereocenters. The van der Waals surface area contributed by atoms with Crippen LogP contribution in [-0.4, -0.2) is 31.6 Å². The van der Waals surface area contributed by atoms with Gasteiger partial charge in [-0.1, -0.05) is 102 Å². The van der Waals surface area contributed by atoms with Crippen LogP contribution < -0.4 is 9.05 Å². The molecule has 0 bridgehead atoms. The van der Waals surface area contributed by atoms with Crippen LogP contribution in [0.15, 0.2) is 47.5 Å². The number of hydrogen-bond donors (Lipinski definition) is 0. The molecule has 0 spiro atoms. The van der Waals surface area contributed by atoms with Crippen LogP contribution in [0.25, 0.3) is 0 Å². The molecule has 0 fully saturated rings. The first kappa shape index (κ1) is 43.2. The van der Waals surface area contributed by atoms with E-state index >= 15 is 0 Å². The van der Waals surface area contributed by atoms with Crippen molar-refractivity contribution in [1.29, 1.82) is 0 Å². The van der Waals surface area contributed by atoms with E-state index in [1.165, 1.54) is 22.3 Å².